The minimum Gasteiger partial charge on any atom is -0.319 e. The highest BCUT2D eigenvalue weighted by Crippen LogP contribution is 2.32. The van der Waals surface area contributed by atoms with E-state index in [1.165, 1.54) is 5.56 Å². The first-order valence-corrected chi connectivity index (χ1v) is 6.08. The highest BCUT2D eigenvalue weighted by molar-refractivity contribution is 6.03. The van der Waals surface area contributed by atoms with Crippen LogP contribution >= 0.6 is 0 Å². The van der Waals surface area contributed by atoms with Crippen molar-refractivity contribution in [1.82, 2.24) is 0 Å². The fraction of sp³-hybridized carbons (Fsp3) is 0.500. The van der Waals surface area contributed by atoms with E-state index in [2.05, 4.69) is 13.0 Å². The monoisotopic (exact) mass is 217 g/mol. The molecule has 0 radical (unpaired) electrons. The van der Waals surface area contributed by atoms with Crippen LogP contribution in [0.2, 0.25) is 0 Å². The van der Waals surface area contributed by atoms with Gasteiger partial charge in [-0.15, -0.1) is 0 Å². The molecule has 0 spiro atoms. The lowest BCUT2D eigenvalue weighted by atomic mass is 9.72. The quantitative estimate of drug-likeness (QED) is 0.788. The van der Waals surface area contributed by atoms with E-state index in [9.17, 15) is 4.79 Å². The van der Waals surface area contributed by atoms with Crippen LogP contribution in [0.25, 0.3) is 0 Å². The van der Waals surface area contributed by atoms with Gasteiger partial charge >= 0.3 is 0 Å². The summed E-state index contributed by atoms with van der Waals surface area (Å²) >= 11 is 0. The van der Waals surface area contributed by atoms with Crippen molar-refractivity contribution < 1.29 is 4.79 Å². The largest absolute Gasteiger partial charge is 0.319 e. The van der Waals surface area contributed by atoms with Gasteiger partial charge in [0.1, 0.15) is 0 Å². The van der Waals surface area contributed by atoms with Crippen molar-refractivity contribution in [3.8, 4) is 0 Å². The Labute approximate surface area is 96.8 Å². The molecular weight excluding hydrogens is 198 g/mol. The van der Waals surface area contributed by atoms with Crippen molar-refractivity contribution >= 4 is 5.78 Å². The summed E-state index contributed by atoms with van der Waals surface area (Å²) in [5.74, 6) is 0.122. The maximum atomic E-state index is 12.2. The number of benzene rings is 1. The van der Waals surface area contributed by atoms with Gasteiger partial charge in [0, 0.05) is 5.56 Å². The van der Waals surface area contributed by atoms with Gasteiger partial charge in [0.2, 0.25) is 0 Å². The van der Waals surface area contributed by atoms with Crippen LogP contribution in [0.4, 0.5) is 0 Å². The van der Waals surface area contributed by atoms with Crippen molar-refractivity contribution in [2.75, 3.05) is 0 Å². The van der Waals surface area contributed by atoms with Crippen LogP contribution in [0, 0.1) is 0 Å². The predicted octanol–water partition coefficient (Wildman–Crippen LogP) is 2.70. The third-order valence-corrected chi connectivity index (χ3v) is 3.43. The van der Waals surface area contributed by atoms with Crippen LogP contribution in [0.5, 0.6) is 0 Å². The molecule has 0 atom stereocenters. The van der Waals surface area contributed by atoms with Crippen molar-refractivity contribution in [1.29, 1.82) is 0 Å². The van der Waals surface area contributed by atoms with E-state index in [1.54, 1.807) is 0 Å². The Morgan fingerprint density at radius 2 is 2.19 bits per heavy atom. The van der Waals surface area contributed by atoms with Crippen LogP contribution in [0.3, 0.4) is 0 Å². The average molecular weight is 217 g/mol. The molecule has 86 valence electrons. The second kappa shape index (κ2) is 4.38. The molecule has 16 heavy (non-hydrogen) atoms. The molecule has 2 N–H and O–H groups in total. The van der Waals surface area contributed by atoms with E-state index in [0.717, 1.165) is 37.7 Å². The summed E-state index contributed by atoms with van der Waals surface area (Å²) in [6, 6.07) is 7.91. The lowest BCUT2D eigenvalue weighted by Gasteiger charge is -2.36. The molecule has 0 amide bonds. The zero-order valence-corrected chi connectivity index (χ0v) is 9.83. The highest BCUT2D eigenvalue weighted by atomic mass is 16.1. The number of carbonyl (C=O) groups is 1. The van der Waals surface area contributed by atoms with Gasteiger partial charge in [0.25, 0.3) is 0 Å². The van der Waals surface area contributed by atoms with E-state index in [-0.39, 0.29) is 5.78 Å². The Bertz CT molecular complexity index is 393. The van der Waals surface area contributed by atoms with Crippen molar-refractivity contribution in [2.45, 2.75) is 44.6 Å². The summed E-state index contributed by atoms with van der Waals surface area (Å²) in [6.07, 6.45) is 4.88. The Kier molecular flexibility index (Phi) is 3.10. The van der Waals surface area contributed by atoms with Gasteiger partial charge in [-0.3, -0.25) is 4.79 Å². The average Bonchev–Trinajstić information content (AvgIpc) is 2.26. The zero-order chi connectivity index (χ0) is 11.6. The third-order valence-electron chi connectivity index (χ3n) is 3.43. The van der Waals surface area contributed by atoms with Gasteiger partial charge < -0.3 is 5.73 Å². The normalized spacial score (nSPS) is 17.9. The molecule has 0 heterocycles. The van der Waals surface area contributed by atoms with Crippen molar-refractivity contribution in [3.05, 3.63) is 35.4 Å². The number of hydrogen-bond acceptors (Lipinski definition) is 2. The van der Waals surface area contributed by atoms with E-state index in [1.807, 2.05) is 18.2 Å². The first-order valence-electron chi connectivity index (χ1n) is 6.08. The molecule has 0 unspecified atom stereocenters. The standard InChI is InChI=1S/C14H19NO/c1-2-5-11-6-3-7-12(10-11)13(16)14(15)8-4-9-14/h3,6-7,10H,2,4-5,8-9,15H2,1H3. The Morgan fingerprint density at radius 3 is 2.75 bits per heavy atom. The van der Waals surface area contributed by atoms with E-state index >= 15 is 0 Å². The zero-order valence-electron chi connectivity index (χ0n) is 9.83. The summed E-state index contributed by atoms with van der Waals surface area (Å²) in [6.45, 7) is 2.14. The van der Waals surface area contributed by atoms with Gasteiger partial charge in [-0.1, -0.05) is 31.5 Å². The fourth-order valence-corrected chi connectivity index (χ4v) is 2.23. The fourth-order valence-electron chi connectivity index (χ4n) is 2.23. The molecule has 0 bridgehead atoms. The smallest absolute Gasteiger partial charge is 0.182 e. The molecule has 0 aliphatic heterocycles. The molecular formula is C14H19NO. The Hall–Kier alpha value is -1.15. The van der Waals surface area contributed by atoms with E-state index in [0.29, 0.717) is 0 Å². The molecule has 2 heteroatoms. The lowest BCUT2D eigenvalue weighted by Crippen LogP contribution is -2.53. The van der Waals surface area contributed by atoms with E-state index < -0.39 is 5.54 Å². The third kappa shape index (κ3) is 2.03. The van der Waals surface area contributed by atoms with Gasteiger partial charge in [-0.05, 0) is 37.3 Å². The molecule has 0 saturated heterocycles. The molecule has 1 fully saturated rings. The molecule has 1 aliphatic rings. The number of ketones is 1. The topological polar surface area (TPSA) is 43.1 Å². The summed E-state index contributed by atoms with van der Waals surface area (Å²) in [4.78, 5) is 12.2. The summed E-state index contributed by atoms with van der Waals surface area (Å²) in [5.41, 5.74) is 7.51. The van der Waals surface area contributed by atoms with Gasteiger partial charge in [0.15, 0.2) is 5.78 Å². The Balaban J connectivity index is 2.19. The molecule has 0 aromatic heterocycles. The number of Topliss-reactive ketones (excluding diaryl/α,β-unsaturated/α-hetero) is 1. The minimum absolute atomic E-state index is 0.122. The van der Waals surface area contributed by atoms with Crippen LogP contribution in [-0.2, 0) is 6.42 Å². The number of nitrogens with two attached hydrogens (primary N) is 1. The predicted molar refractivity (Wildman–Crippen MR) is 65.5 cm³/mol. The Morgan fingerprint density at radius 1 is 1.44 bits per heavy atom. The van der Waals surface area contributed by atoms with Crippen LogP contribution in [0.1, 0.15) is 48.5 Å². The number of aryl methyl sites for hydroxylation is 1. The number of hydrogen-bond donors (Lipinski definition) is 1. The van der Waals surface area contributed by atoms with Gasteiger partial charge in [-0.2, -0.15) is 0 Å². The van der Waals surface area contributed by atoms with Crippen LogP contribution in [0.15, 0.2) is 24.3 Å². The summed E-state index contributed by atoms with van der Waals surface area (Å²) < 4.78 is 0. The van der Waals surface area contributed by atoms with Gasteiger partial charge in [0.05, 0.1) is 5.54 Å². The molecule has 2 nitrogen and oxygen atoms in total. The van der Waals surface area contributed by atoms with Crippen molar-refractivity contribution in [3.63, 3.8) is 0 Å². The SMILES string of the molecule is CCCc1cccc(C(=O)C2(N)CCC2)c1. The number of carbonyl (C=O) groups excluding carboxylic acids is 1. The second-order valence-electron chi connectivity index (χ2n) is 4.79. The molecule has 1 aromatic rings. The first-order chi connectivity index (χ1) is 7.65. The number of rotatable bonds is 4. The summed E-state index contributed by atoms with van der Waals surface area (Å²) in [5, 5.41) is 0. The summed E-state index contributed by atoms with van der Waals surface area (Å²) in [7, 11) is 0. The van der Waals surface area contributed by atoms with Gasteiger partial charge in [-0.25, -0.2) is 0 Å². The second-order valence-corrected chi connectivity index (χ2v) is 4.79. The molecule has 1 aliphatic carbocycles. The van der Waals surface area contributed by atoms with Crippen molar-refractivity contribution in [2.24, 2.45) is 5.73 Å². The molecule has 1 saturated carbocycles. The molecule has 1 aromatic carbocycles. The van der Waals surface area contributed by atoms with E-state index in [4.69, 9.17) is 5.73 Å². The minimum atomic E-state index is -0.565. The maximum absolute atomic E-state index is 12.2. The lowest BCUT2D eigenvalue weighted by molar-refractivity contribution is 0.0800. The maximum Gasteiger partial charge on any atom is 0.182 e. The first kappa shape index (κ1) is 11.3. The highest BCUT2D eigenvalue weighted by Gasteiger charge is 2.40. The molecule has 2 rings (SSSR count). The van der Waals surface area contributed by atoms with Crippen LogP contribution < -0.4 is 5.73 Å². The van der Waals surface area contributed by atoms with Crippen LogP contribution in [-0.4, -0.2) is 11.3 Å².